The summed E-state index contributed by atoms with van der Waals surface area (Å²) in [6, 6.07) is 9.51. The van der Waals surface area contributed by atoms with Gasteiger partial charge in [-0.2, -0.15) is 0 Å². The molecule has 2 rings (SSSR count). The molecule has 0 aliphatic carbocycles. The molecule has 0 amide bonds. The normalized spacial score (nSPS) is 10.4. The molecule has 92 valence electrons. The summed E-state index contributed by atoms with van der Waals surface area (Å²) in [6.45, 7) is 0. The Morgan fingerprint density at radius 3 is 1.94 bits per heavy atom. The van der Waals surface area contributed by atoms with Gasteiger partial charge in [0.2, 0.25) is 0 Å². The number of carbonyl (C=O) groups is 1. The molecule has 2 aromatic rings. The first kappa shape index (κ1) is 13.2. The van der Waals surface area contributed by atoms with Gasteiger partial charge < -0.3 is 5.73 Å². The van der Waals surface area contributed by atoms with Crippen molar-refractivity contribution in [3.8, 4) is 0 Å². The van der Waals surface area contributed by atoms with Crippen LogP contribution < -0.4 is 5.73 Å². The monoisotopic (exact) mass is 299 g/mol. The molecule has 0 radical (unpaired) electrons. The number of carbonyl (C=O) groups excluding carboxylic acids is 1. The van der Waals surface area contributed by atoms with Gasteiger partial charge in [0.25, 0.3) is 0 Å². The van der Waals surface area contributed by atoms with Crippen LogP contribution in [0.25, 0.3) is 0 Å². The van der Waals surface area contributed by atoms with Crippen LogP contribution in [-0.4, -0.2) is 5.78 Å². The smallest absolute Gasteiger partial charge is 0.196 e. The van der Waals surface area contributed by atoms with E-state index in [1.807, 2.05) is 0 Å². The van der Waals surface area contributed by atoms with Gasteiger partial charge in [-0.15, -0.1) is 0 Å². The lowest BCUT2D eigenvalue weighted by Crippen LogP contribution is -2.03. The molecule has 2 N–H and O–H groups in total. The Kier molecular flexibility index (Phi) is 3.81. The molecule has 0 fully saturated rings. The highest BCUT2D eigenvalue weighted by Crippen LogP contribution is 2.30. The van der Waals surface area contributed by atoms with Crippen LogP contribution in [0.2, 0.25) is 15.1 Å². The summed E-state index contributed by atoms with van der Waals surface area (Å²) in [7, 11) is 0. The Balaban J connectivity index is 2.49. The average Bonchev–Trinajstić information content (AvgIpc) is 2.28. The molecular formula is C13H8Cl3NO. The molecule has 2 aromatic carbocycles. The molecule has 18 heavy (non-hydrogen) atoms. The first-order valence-electron chi connectivity index (χ1n) is 5.04. The van der Waals surface area contributed by atoms with Gasteiger partial charge >= 0.3 is 0 Å². The molecule has 0 heterocycles. The molecule has 0 saturated heterocycles. The second kappa shape index (κ2) is 5.19. The maximum atomic E-state index is 12.3. The van der Waals surface area contributed by atoms with Gasteiger partial charge in [0, 0.05) is 16.3 Å². The van der Waals surface area contributed by atoms with E-state index in [0.717, 1.165) is 0 Å². The predicted molar refractivity (Wildman–Crippen MR) is 75.8 cm³/mol. The van der Waals surface area contributed by atoms with Crippen LogP contribution in [-0.2, 0) is 0 Å². The number of ketones is 1. The Labute approximate surface area is 119 Å². The number of rotatable bonds is 2. The van der Waals surface area contributed by atoms with Crippen molar-refractivity contribution in [3.05, 3.63) is 62.6 Å². The topological polar surface area (TPSA) is 43.1 Å². The molecule has 2 nitrogen and oxygen atoms in total. The summed E-state index contributed by atoms with van der Waals surface area (Å²) >= 11 is 17.8. The minimum Gasteiger partial charge on any atom is -0.399 e. The Morgan fingerprint density at radius 1 is 0.944 bits per heavy atom. The van der Waals surface area contributed by atoms with E-state index in [0.29, 0.717) is 16.3 Å². The van der Waals surface area contributed by atoms with Crippen molar-refractivity contribution < 1.29 is 4.79 Å². The molecule has 0 atom stereocenters. The first-order chi connectivity index (χ1) is 8.49. The predicted octanol–water partition coefficient (Wildman–Crippen LogP) is 4.46. The zero-order valence-electron chi connectivity index (χ0n) is 9.08. The zero-order chi connectivity index (χ0) is 13.3. The lowest BCUT2D eigenvalue weighted by molar-refractivity contribution is 0.103. The summed E-state index contributed by atoms with van der Waals surface area (Å²) in [5, 5.41) is 0.850. The van der Waals surface area contributed by atoms with E-state index < -0.39 is 0 Å². The van der Waals surface area contributed by atoms with E-state index in [1.54, 1.807) is 24.3 Å². The van der Waals surface area contributed by atoms with Crippen LogP contribution in [0.15, 0.2) is 36.4 Å². The van der Waals surface area contributed by atoms with Crippen molar-refractivity contribution in [1.29, 1.82) is 0 Å². The summed E-state index contributed by atoms with van der Waals surface area (Å²) < 4.78 is 0. The van der Waals surface area contributed by atoms with E-state index in [9.17, 15) is 4.79 Å². The van der Waals surface area contributed by atoms with Gasteiger partial charge in [-0.25, -0.2) is 0 Å². The Bertz CT molecular complexity index is 585. The number of halogens is 3. The highest BCUT2D eigenvalue weighted by Gasteiger charge is 2.17. The van der Waals surface area contributed by atoms with Crippen LogP contribution in [0.5, 0.6) is 0 Å². The third-order valence-electron chi connectivity index (χ3n) is 2.41. The van der Waals surface area contributed by atoms with Crippen molar-refractivity contribution in [2.75, 3.05) is 5.73 Å². The van der Waals surface area contributed by atoms with Gasteiger partial charge in [0.15, 0.2) is 5.78 Å². The van der Waals surface area contributed by atoms with Crippen LogP contribution >= 0.6 is 34.8 Å². The fourth-order valence-corrected chi connectivity index (χ4v) is 2.53. The van der Waals surface area contributed by atoms with Crippen molar-refractivity contribution in [3.63, 3.8) is 0 Å². The number of benzene rings is 2. The molecule has 0 aromatic heterocycles. The summed E-state index contributed by atoms with van der Waals surface area (Å²) in [6.07, 6.45) is 0. The second-order valence-electron chi connectivity index (χ2n) is 3.70. The quantitative estimate of drug-likeness (QED) is 0.657. The summed E-state index contributed by atoms with van der Waals surface area (Å²) in [4.78, 5) is 12.3. The molecular weight excluding hydrogens is 293 g/mol. The van der Waals surface area contributed by atoms with Gasteiger partial charge in [-0.3, -0.25) is 4.79 Å². The molecule has 0 unspecified atom stereocenters. The van der Waals surface area contributed by atoms with Crippen molar-refractivity contribution in [2.45, 2.75) is 0 Å². The zero-order valence-corrected chi connectivity index (χ0v) is 11.4. The third-order valence-corrected chi connectivity index (χ3v) is 3.22. The summed E-state index contributed by atoms with van der Waals surface area (Å²) in [5.41, 5.74) is 6.86. The number of nitrogens with two attached hydrogens (primary N) is 1. The molecule has 0 spiro atoms. The SMILES string of the molecule is Nc1ccc(C(=O)c2c(Cl)cc(Cl)cc2Cl)cc1. The molecule has 0 bridgehead atoms. The minimum absolute atomic E-state index is 0.231. The van der Waals surface area contributed by atoms with Crippen molar-refractivity contribution in [1.82, 2.24) is 0 Å². The van der Waals surface area contributed by atoms with Crippen LogP contribution in [0.1, 0.15) is 15.9 Å². The third kappa shape index (κ3) is 2.61. The fourth-order valence-electron chi connectivity index (χ4n) is 1.54. The van der Waals surface area contributed by atoms with E-state index in [-0.39, 0.29) is 21.4 Å². The molecule has 5 heteroatoms. The number of nitrogen functional groups attached to an aromatic ring is 1. The van der Waals surface area contributed by atoms with Gasteiger partial charge in [-0.1, -0.05) is 34.8 Å². The fraction of sp³-hybridized carbons (Fsp3) is 0. The number of hydrogen-bond donors (Lipinski definition) is 1. The Morgan fingerprint density at radius 2 is 1.44 bits per heavy atom. The standard InChI is InChI=1S/C13H8Cl3NO/c14-8-5-10(15)12(11(16)6-8)13(18)7-1-3-9(17)4-2-7/h1-6H,17H2. The van der Waals surface area contributed by atoms with E-state index in [1.165, 1.54) is 12.1 Å². The van der Waals surface area contributed by atoms with Crippen molar-refractivity contribution >= 4 is 46.3 Å². The number of anilines is 1. The van der Waals surface area contributed by atoms with E-state index in [4.69, 9.17) is 40.5 Å². The first-order valence-corrected chi connectivity index (χ1v) is 6.17. The lowest BCUT2D eigenvalue weighted by atomic mass is 10.0. The van der Waals surface area contributed by atoms with Gasteiger partial charge in [0.1, 0.15) is 0 Å². The molecule has 0 aliphatic rings. The summed E-state index contributed by atoms with van der Waals surface area (Å²) in [5.74, 6) is -0.262. The highest BCUT2D eigenvalue weighted by molar-refractivity contribution is 6.43. The van der Waals surface area contributed by atoms with Crippen LogP contribution in [0, 0.1) is 0 Å². The van der Waals surface area contributed by atoms with Gasteiger partial charge in [-0.05, 0) is 36.4 Å². The molecule has 0 aliphatic heterocycles. The van der Waals surface area contributed by atoms with Gasteiger partial charge in [0.05, 0.1) is 15.6 Å². The maximum Gasteiger partial charge on any atom is 0.196 e. The van der Waals surface area contributed by atoms with E-state index >= 15 is 0 Å². The van der Waals surface area contributed by atoms with Crippen molar-refractivity contribution in [2.24, 2.45) is 0 Å². The largest absolute Gasteiger partial charge is 0.399 e. The average molecular weight is 301 g/mol. The second-order valence-corrected chi connectivity index (χ2v) is 4.95. The molecule has 0 saturated carbocycles. The van der Waals surface area contributed by atoms with E-state index in [2.05, 4.69) is 0 Å². The van der Waals surface area contributed by atoms with Crippen LogP contribution in [0.3, 0.4) is 0 Å². The minimum atomic E-state index is -0.262. The highest BCUT2D eigenvalue weighted by atomic mass is 35.5. The number of hydrogen-bond acceptors (Lipinski definition) is 2. The lowest BCUT2D eigenvalue weighted by Gasteiger charge is -2.07. The maximum absolute atomic E-state index is 12.3. The van der Waals surface area contributed by atoms with Crippen LogP contribution in [0.4, 0.5) is 5.69 Å². The Hall–Kier alpha value is -1.22.